The molecule has 0 atom stereocenters. The highest BCUT2D eigenvalue weighted by Crippen LogP contribution is 2.33. The van der Waals surface area contributed by atoms with E-state index in [0.29, 0.717) is 0 Å². The van der Waals surface area contributed by atoms with Crippen molar-refractivity contribution in [3.63, 3.8) is 0 Å². The highest BCUT2D eigenvalue weighted by atomic mass is 14.7. The van der Waals surface area contributed by atoms with Crippen LogP contribution in [-0.2, 0) is 0 Å². The van der Waals surface area contributed by atoms with Crippen molar-refractivity contribution in [2.24, 2.45) is 10.4 Å². The molecule has 0 fully saturated rings. The topological polar surface area (TPSA) is 12.4 Å². The van der Waals surface area contributed by atoms with Crippen LogP contribution in [0.1, 0.15) is 27.2 Å². The summed E-state index contributed by atoms with van der Waals surface area (Å²) < 4.78 is 0. The molecular formula is C19H25N. The summed E-state index contributed by atoms with van der Waals surface area (Å²) in [6.07, 6.45) is 15.7. The molecule has 0 N–H and O–H groups in total. The lowest BCUT2D eigenvalue weighted by Gasteiger charge is -2.28. The Bertz CT molecular complexity index is 534. The van der Waals surface area contributed by atoms with E-state index in [9.17, 15) is 0 Å². The average molecular weight is 267 g/mol. The highest BCUT2D eigenvalue weighted by molar-refractivity contribution is 6.07. The van der Waals surface area contributed by atoms with E-state index in [2.05, 4.69) is 62.4 Å². The highest BCUT2D eigenvalue weighted by Gasteiger charge is 2.28. The summed E-state index contributed by atoms with van der Waals surface area (Å²) in [4.78, 5) is 4.48. The van der Waals surface area contributed by atoms with E-state index < -0.39 is 0 Å². The molecule has 1 rings (SSSR count). The molecule has 106 valence electrons. The van der Waals surface area contributed by atoms with Crippen molar-refractivity contribution in [3.8, 4) is 0 Å². The van der Waals surface area contributed by atoms with Gasteiger partial charge in [-0.05, 0) is 24.5 Å². The van der Waals surface area contributed by atoms with Gasteiger partial charge in [0, 0.05) is 12.5 Å². The van der Waals surface area contributed by atoms with Gasteiger partial charge in [-0.3, -0.25) is 4.99 Å². The molecule has 0 aromatic heterocycles. The number of aliphatic imine (C=N–C) groups is 1. The summed E-state index contributed by atoms with van der Waals surface area (Å²) in [5.41, 5.74) is 4.02. The number of hydrogen-bond donors (Lipinski definition) is 0. The van der Waals surface area contributed by atoms with Crippen LogP contribution in [0.2, 0.25) is 0 Å². The van der Waals surface area contributed by atoms with Crippen LogP contribution in [0.5, 0.6) is 0 Å². The van der Waals surface area contributed by atoms with E-state index in [0.717, 1.165) is 23.3 Å². The van der Waals surface area contributed by atoms with Crippen molar-refractivity contribution in [1.29, 1.82) is 0 Å². The second kappa shape index (κ2) is 7.04. The van der Waals surface area contributed by atoms with E-state index in [-0.39, 0.29) is 5.41 Å². The molecule has 0 radical (unpaired) electrons. The quantitative estimate of drug-likeness (QED) is 0.478. The lowest BCUT2D eigenvalue weighted by Crippen LogP contribution is -2.27. The summed E-state index contributed by atoms with van der Waals surface area (Å²) in [6.45, 7) is 14.4. The molecule has 1 heteroatoms. The molecule has 0 aliphatic heterocycles. The predicted octanol–water partition coefficient (Wildman–Crippen LogP) is 5.21. The molecule has 0 unspecified atom stereocenters. The lowest BCUT2D eigenvalue weighted by molar-refractivity contribution is 0.643. The van der Waals surface area contributed by atoms with E-state index >= 15 is 0 Å². The summed E-state index contributed by atoms with van der Waals surface area (Å²) in [7, 11) is 1.83. The Morgan fingerprint density at radius 3 is 2.55 bits per heavy atom. The average Bonchev–Trinajstić information content (AvgIpc) is 2.66. The van der Waals surface area contributed by atoms with Gasteiger partial charge in [-0.1, -0.05) is 75.1 Å². The standard InChI is InChI=1S/C19H25N/c1-15(2)13-14-16(3)18(20-6)19(4,5)17-11-9-7-8-10-12-17/h7,9-14H,1,3,8H2,2,4-6H3/b14-13-,20-18?. The fourth-order valence-electron chi connectivity index (χ4n) is 2.28. The predicted molar refractivity (Wildman–Crippen MR) is 91.2 cm³/mol. The number of nitrogens with zero attached hydrogens (tertiary/aromatic N) is 1. The first-order valence-electron chi connectivity index (χ1n) is 6.93. The third-order valence-corrected chi connectivity index (χ3v) is 3.39. The zero-order chi connectivity index (χ0) is 15.2. The number of allylic oxidation sites excluding steroid dienone is 10. The van der Waals surface area contributed by atoms with Crippen molar-refractivity contribution in [2.45, 2.75) is 27.2 Å². The van der Waals surface area contributed by atoms with Crippen LogP contribution in [0, 0.1) is 5.41 Å². The maximum atomic E-state index is 4.48. The van der Waals surface area contributed by atoms with Crippen LogP contribution in [0.15, 0.2) is 77.4 Å². The molecular weight excluding hydrogens is 242 g/mol. The van der Waals surface area contributed by atoms with Crippen LogP contribution in [0.4, 0.5) is 0 Å². The van der Waals surface area contributed by atoms with E-state index in [1.165, 1.54) is 5.57 Å². The Labute approximate surface area is 123 Å². The number of rotatable bonds is 5. The molecule has 0 amide bonds. The van der Waals surface area contributed by atoms with Crippen LogP contribution in [0.25, 0.3) is 0 Å². The van der Waals surface area contributed by atoms with E-state index in [1.807, 2.05) is 26.1 Å². The van der Waals surface area contributed by atoms with Gasteiger partial charge in [0.2, 0.25) is 0 Å². The van der Waals surface area contributed by atoms with Crippen LogP contribution in [-0.4, -0.2) is 12.8 Å². The Kier molecular flexibility index (Phi) is 5.69. The molecule has 0 saturated heterocycles. The molecule has 0 spiro atoms. The largest absolute Gasteiger partial charge is 0.292 e. The van der Waals surface area contributed by atoms with Crippen molar-refractivity contribution >= 4 is 5.71 Å². The minimum absolute atomic E-state index is 0.170. The smallest absolute Gasteiger partial charge is 0.0511 e. The third kappa shape index (κ3) is 4.06. The van der Waals surface area contributed by atoms with Gasteiger partial charge in [0.25, 0.3) is 0 Å². The second-order valence-corrected chi connectivity index (χ2v) is 5.59. The third-order valence-electron chi connectivity index (χ3n) is 3.39. The van der Waals surface area contributed by atoms with Crippen LogP contribution < -0.4 is 0 Å². The minimum Gasteiger partial charge on any atom is -0.292 e. The molecule has 20 heavy (non-hydrogen) atoms. The maximum absolute atomic E-state index is 4.48. The molecule has 0 aromatic rings. The Morgan fingerprint density at radius 1 is 1.25 bits per heavy atom. The summed E-state index contributed by atoms with van der Waals surface area (Å²) in [5, 5.41) is 0. The minimum atomic E-state index is -0.170. The van der Waals surface area contributed by atoms with Gasteiger partial charge in [-0.15, -0.1) is 0 Å². The molecule has 0 bridgehead atoms. The van der Waals surface area contributed by atoms with Gasteiger partial charge in [-0.25, -0.2) is 0 Å². The van der Waals surface area contributed by atoms with Crippen molar-refractivity contribution in [2.75, 3.05) is 7.05 Å². The second-order valence-electron chi connectivity index (χ2n) is 5.59. The normalized spacial score (nSPS) is 16.2. The molecule has 0 heterocycles. The van der Waals surface area contributed by atoms with Gasteiger partial charge in [0.1, 0.15) is 0 Å². The van der Waals surface area contributed by atoms with Gasteiger partial charge in [-0.2, -0.15) is 0 Å². The fourth-order valence-corrected chi connectivity index (χ4v) is 2.28. The van der Waals surface area contributed by atoms with E-state index in [4.69, 9.17) is 0 Å². The summed E-state index contributed by atoms with van der Waals surface area (Å²) in [5.74, 6) is 0. The van der Waals surface area contributed by atoms with Gasteiger partial charge < -0.3 is 0 Å². The van der Waals surface area contributed by atoms with Crippen molar-refractivity contribution in [3.05, 3.63) is 72.4 Å². The Balaban J connectivity index is 3.10. The molecule has 1 nitrogen and oxygen atoms in total. The van der Waals surface area contributed by atoms with Crippen LogP contribution >= 0.6 is 0 Å². The summed E-state index contributed by atoms with van der Waals surface area (Å²) in [6, 6.07) is 0. The SMILES string of the molecule is C=C(C)/C=C\C(=C)C(=NC)C(C)(C)C1=CC=CCC=C1. The van der Waals surface area contributed by atoms with Gasteiger partial charge in [0.05, 0.1) is 5.71 Å². The molecule has 1 aliphatic carbocycles. The lowest BCUT2D eigenvalue weighted by atomic mass is 9.76. The molecule has 0 aromatic carbocycles. The fraction of sp³-hybridized carbons (Fsp3) is 0.316. The van der Waals surface area contributed by atoms with Crippen LogP contribution in [0.3, 0.4) is 0 Å². The maximum Gasteiger partial charge on any atom is 0.0511 e. The first kappa shape index (κ1) is 16.2. The molecule has 1 aliphatic rings. The zero-order valence-electron chi connectivity index (χ0n) is 13.1. The van der Waals surface area contributed by atoms with Crippen molar-refractivity contribution in [1.82, 2.24) is 0 Å². The monoisotopic (exact) mass is 267 g/mol. The summed E-state index contributed by atoms with van der Waals surface area (Å²) >= 11 is 0. The number of hydrogen-bond acceptors (Lipinski definition) is 1. The Hall–Kier alpha value is -1.89. The van der Waals surface area contributed by atoms with E-state index in [1.54, 1.807) is 0 Å². The Morgan fingerprint density at radius 2 is 1.95 bits per heavy atom. The van der Waals surface area contributed by atoms with Crippen molar-refractivity contribution < 1.29 is 0 Å². The zero-order valence-corrected chi connectivity index (χ0v) is 13.1. The van der Waals surface area contributed by atoms with Gasteiger partial charge in [0.15, 0.2) is 0 Å². The first-order valence-corrected chi connectivity index (χ1v) is 6.93. The molecule has 0 saturated carbocycles. The first-order chi connectivity index (χ1) is 9.39. The van der Waals surface area contributed by atoms with Gasteiger partial charge >= 0.3 is 0 Å².